The molecule has 2 heterocycles. The number of aromatic amines is 1. The van der Waals surface area contributed by atoms with E-state index in [9.17, 15) is 9.59 Å². The number of nitrogens with one attached hydrogen (secondary N) is 1. The zero-order valence-electron chi connectivity index (χ0n) is 18.3. The highest BCUT2D eigenvalue weighted by molar-refractivity contribution is 5.75. The zero-order chi connectivity index (χ0) is 22.0. The number of aliphatic hydroxyl groups is 1. The Hall–Kier alpha value is -2.41. The Kier molecular flexibility index (Phi) is 10.4. The number of aromatic nitrogens is 2. The van der Waals surface area contributed by atoms with Crippen LogP contribution in [0.3, 0.4) is 0 Å². The van der Waals surface area contributed by atoms with E-state index in [2.05, 4.69) is 16.9 Å². The molecule has 29 heavy (non-hydrogen) atoms. The minimum atomic E-state index is -0.529. The Morgan fingerprint density at radius 3 is 2.45 bits per heavy atom. The maximum atomic E-state index is 12.4. The van der Waals surface area contributed by atoms with E-state index in [1.807, 2.05) is 39.8 Å². The van der Waals surface area contributed by atoms with Crippen LogP contribution in [0.4, 0.5) is 0 Å². The fourth-order valence-electron chi connectivity index (χ4n) is 3.12. The average Bonchev–Trinajstić information content (AvgIpc) is 2.67. The van der Waals surface area contributed by atoms with E-state index in [1.54, 1.807) is 6.92 Å². The normalized spacial score (nSPS) is 18.9. The molecule has 1 fully saturated rings. The van der Waals surface area contributed by atoms with Crippen molar-refractivity contribution in [2.45, 2.75) is 66.9 Å². The summed E-state index contributed by atoms with van der Waals surface area (Å²) in [6.45, 7) is 11.6. The number of rotatable bonds is 5. The Morgan fingerprint density at radius 1 is 1.31 bits per heavy atom. The number of hydrogen-bond donors (Lipinski definition) is 2. The van der Waals surface area contributed by atoms with Crippen LogP contribution in [-0.2, 0) is 6.42 Å². The van der Waals surface area contributed by atoms with Gasteiger partial charge in [-0.2, -0.15) is 4.98 Å². The number of hydrogen-bond acceptors (Lipinski definition) is 6. The molecule has 0 radical (unpaired) electrons. The van der Waals surface area contributed by atoms with Crippen molar-refractivity contribution in [1.29, 1.82) is 0 Å². The molecule has 2 N–H and O–H groups in total. The van der Waals surface area contributed by atoms with Gasteiger partial charge in [-0.1, -0.05) is 32.9 Å². The predicted octanol–water partition coefficient (Wildman–Crippen LogP) is 3.83. The van der Waals surface area contributed by atoms with Gasteiger partial charge in [0.05, 0.1) is 6.61 Å². The Balaban J connectivity index is 0.000000627. The van der Waals surface area contributed by atoms with Crippen LogP contribution in [0.1, 0.15) is 59.9 Å². The van der Waals surface area contributed by atoms with Crippen molar-refractivity contribution in [3.8, 4) is 6.01 Å². The molecule has 3 rings (SSSR count). The molecule has 0 spiro atoms. The van der Waals surface area contributed by atoms with Crippen LogP contribution < -0.4 is 15.9 Å². The lowest BCUT2D eigenvalue weighted by atomic mass is 9.73. The topological polar surface area (TPSA) is 105 Å². The first-order chi connectivity index (χ1) is 13.9. The van der Waals surface area contributed by atoms with Crippen LogP contribution in [0.2, 0.25) is 0 Å². The highest BCUT2D eigenvalue weighted by atomic mass is 16.5. The van der Waals surface area contributed by atoms with E-state index >= 15 is 0 Å². The molecule has 0 amide bonds. The van der Waals surface area contributed by atoms with Gasteiger partial charge >= 0.3 is 5.63 Å². The summed E-state index contributed by atoms with van der Waals surface area (Å²) in [4.78, 5) is 30.7. The van der Waals surface area contributed by atoms with Crippen molar-refractivity contribution in [1.82, 2.24) is 9.97 Å². The standard InChI is InChI=1S/C16H20N2O5.C4H8.C2H6/c1-8-3-10(4-8)5-11-6-12(20)23-15-13(11)14(21)17-16(18-15)22-9(2)7-19;1-3-4-2;1-2/h6,8-10,19H,3-5,7H2,1-2H3,(H,17,18,21);3-4H,1-2H3;1-2H3/b;4-3-;. The number of allylic oxidation sites excluding steroid dienone is 2. The molecule has 0 bridgehead atoms. The summed E-state index contributed by atoms with van der Waals surface area (Å²) >= 11 is 0. The Labute approximate surface area is 171 Å². The van der Waals surface area contributed by atoms with Crippen molar-refractivity contribution in [3.63, 3.8) is 0 Å². The Morgan fingerprint density at radius 2 is 1.93 bits per heavy atom. The number of nitrogens with zero attached hydrogens (tertiary/aromatic N) is 1. The molecule has 1 saturated carbocycles. The van der Waals surface area contributed by atoms with E-state index < -0.39 is 17.3 Å². The molecular formula is C22H34N2O5. The third kappa shape index (κ3) is 7.16. The minimum absolute atomic E-state index is 0.0243. The molecule has 1 atom stereocenters. The van der Waals surface area contributed by atoms with Crippen molar-refractivity contribution >= 4 is 11.1 Å². The molecule has 0 saturated heterocycles. The summed E-state index contributed by atoms with van der Waals surface area (Å²) in [5.41, 5.74) is -0.284. The number of ether oxygens (including phenoxy) is 1. The SMILES string of the molecule is C/C=C\C.CC.CC1CC(Cc2cc(=O)oc3nc(OC(C)CO)[nH]c(=O)c23)C1. The van der Waals surface area contributed by atoms with Crippen LogP contribution in [-0.4, -0.2) is 27.8 Å². The number of aliphatic hydroxyl groups excluding tert-OH is 1. The largest absolute Gasteiger partial charge is 0.459 e. The van der Waals surface area contributed by atoms with Gasteiger partial charge in [-0.05, 0) is 57.4 Å². The van der Waals surface area contributed by atoms with Gasteiger partial charge in [0, 0.05) is 6.07 Å². The van der Waals surface area contributed by atoms with Gasteiger partial charge in [0.25, 0.3) is 11.6 Å². The van der Waals surface area contributed by atoms with Gasteiger partial charge in [-0.25, -0.2) is 4.79 Å². The molecular weight excluding hydrogens is 372 g/mol. The van der Waals surface area contributed by atoms with Gasteiger partial charge in [0.1, 0.15) is 11.5 Å². The lowest BCUT2D eigenvalue weighted by Crippen LogP contribution is -2.25. The monoisotopic (exact) mass is 406 g/mol. The van der Waals surface area contributed by atoms with Crippen LogP contribution in [0.5, 0.6) is 6.01 Å². The molecule has 1 unspecified atom stereocenters. The van der Waals surface area contributed by atoms with E-state index in [-0.39, 0.29) is 18.3 Å². The zero-order valence-corrected chi connectivity index (χ0v) is 18.3. The maximum Gasteiger partial charge on any atom is 0.337 e. The second-order valence-corrected chi connectivity index (χ2v) is 7.07. The van der Waals surface area contributed by atoms with E-state index in [1.165, 1.54) is 6.07 Å². The van der Waals surface area contributed by atoms with Crippen LogP contribution in [0.25, 0.3) is 11.1 Å². The highest BCUT2D eigenvalue weighted by Gasteiger charge is 2.27. The van der Waals surface area contributed by atoms with Gasteiger partial charge in [-0.3, -0.25) is 9.78 Å². The van der Waals surface area contributed by atoms with Crippen molar-refractivity contribution in [2.24, 2.45) is 11.8 Å². The molecule has 7 nitrogen and oxygen atoms in total. The van der Waals surface area contributed by atoms with Crippen LogP contribution in [0, 0.1) is 11.8 Å². The lowest BCUT2D eigenvalue weighted by Gasteiger charge is -2.32. The van der Waals surface area contributed by atoms with E-state index in [4.69, 9.17) is 14.3 Å². The fraction of sp³-hybridized carbons (Fsp3) is 0.591. The first kappa shape index (κ1) is 24.6. The van der Waals surface area contributed by atoms with Crippen LogP contribution >= 0.6 is 0 Å². The van der Waals surface area contributed by atoms with Crippen molar-refractivity contribution in [2.75, 3.05) is 6.61 Å². The average molecular weight is 407 g/mol. The van der Waals surface area contributed by atoms with Gasteiger partial charge in [0.15, 0.2) is 0 Å². The van der Waals surface area contributed by atoms with Gasteiger partial charge in [-0.15, -0.1) is 0 Å². The third-order valence-electron chi connectivity index (χ3n) is 4.56. The van der Waals surface area contributed by atoms with Gasteiger partial charge in [0.2, 0.25) is 5.71 Å². The van der Waals surface area contributed by atoms with E-state index in [0.29, 0.717) is 29.2 Å². The lowest BCUT2D eigenvalue weighted by molar-refractivity contribution is 0.120. The second kappa shape index (κ2) is 12.2. The highest BCUT2D eigenvalue weighted by Crippen LogP contribution is 2.36. The summed E-state index contributed by atoms with van der Waals surface area (Å²) in [5, 5.41) is 9.30. The molecule has 1 aliphatic carbocycles. The predicted molar refractivity (Wildman–Crippen MR) is 116 cm³/mol. The summed E-state index contributed by atoms with van der Waals surface area (Å²) in [6.07, 6.45) is 6.34. The molecule has 1 aliphatic rings. The quantitative estimate of drug-likeness (QED) is 0.731. The smallest absolute Gasteiger partial charge is 0.337 e. The van der Waals surface area contributed by atoms with Crippen molar-refractivity contribution in [3.05, 3.63) is 44.6 Å². The fourth-order valence-corrected chi connectivity index (χ4v) is 3.12. The van der Waals surface area contributed by atoms with Gasteiger partial charge < -0.3 is 14.3 Å². The molecule has 2 aromatic rings. The first-order valence-electron chi connectivity index (χ1n) is 10.3. The molecule has 7 heteroatoms. The molecule has 2 aromatic heterocycles. The summed E-state index contributed by atoms with van der Waals surface area (Å²) < 4.78 is 10.3. The third-order valence-corrected chi connectivity index (χ3v) is 4.56. The maximum absolute atomic E-state index is 12.4. The summed E-state index contributed by atoms with van der Waals surface area (Å²) in [7, 11) is 0. The van der Waals surface area contributed by atoms with E-state index in [0.717, 1.165) is 12.8 Å². The Bertz CT molecular complexity index is 890. The minimum Gasteiger partial charge on any atom is -0.459 e. The summed E-state index contributed by atoms with van der Waals surface area (Å²) in [6, 6.07) is 1.31. The van der Waals surface area contributed by atoms with Crippen molar-refractivity contribution < 1.29 is 14.3 Å². The van der Waals surface area contributed by atoms with Crippen LogP contribution in [0.15, 0.2) is 32.2 Å². The number of H-pyrrole nitrogens is 1. The molecule has 162 valence electrons. The number of fused-ring (bicyclic) bond motifs is 1. The molecule has 0 aromatic carbocycles. The first-order valence-corrected chi connectivity index (χ1v) is 10.3. The summed E-state index contributed by atoms with van der Waals surface area (Å²) in [5.74, 6) is 1.18. The molecule has 0 aliphatic heterocycles. The second-order valence-electron chi connectivity index (χ2n) is 7.07.